The van der Waals surface area contributed by atoms with Crippen LogP contribution in [0.25, 0.3) is 0 Å². The van der Waals surface area contributed by atoms with Crippen LogP contribution >= 0.6 is 0 Å². The van der Waals surface area contributed by atoms with Gasteiger partial charge in [-0.3, -0.25) is 9.69 Å². The van der Waals surface area contributed by atoms with Crippen molar-refractivity contribution < 1.29 is 4.79 Å². The molecular weight excluding hydrogens is 286 g/mol. The average molecular weight is 315 g/mol. The molecular formula is C19H29N3O. The quantitative estimate of drug-likeness (QED) is 0.927. The number of nitrogens with zero attached hydrogens (tertiary/aromatic N) is 2. The van der Waals surface area contributed by atoms with Gasteiger partial charge in [-0.05, 0) is 30.9 Å². The number of carbonyl (C=O) groups excluding carboxylic acids is 1. The van der Waals surface area contributed by atoms with E-state index < -0.39 is 0 Å². The first-order chi connectivity index (χ1) is 11.2. The van der Waals surface area contributed by atoms with E-state index in [1.165, 1.54) is 24.9 Å². The molecule has 4 heteroatoms. The first-order valence-corrected chi connectivity index (χ1v) is 9.04. The summed E-state index contributed by atoms with van der Waals surface area (Å²) in [6.45, 7) is 6.73. The molecule has 1 saturated carbocycles. The van der Waals surface area contributed by atoms with Crippen molar-refractivity contribution in [3.8, 4) is 0 Å². The maximum Gasteiger partial charge on any atom is 0.234 e. The van der Waals surface area contributed by atoms with Gasteiger partial charge in [0, 0.05) is 37.9 Å². The predicted molar refractivity (Wildman–Crippen MR) is 94.7 cm³/mol. The Hall–Kier alpha value is -1.55. The molecule has 1 aliphatic heterocycles. The number of para-hydroxylation sites is 1. The molecule has 1 heterocycles. The van der Waals surface area contributed by atoms with Crippen LogP contribution in [0.15, 0.2) is 30.3 Å². The second-order valence-electron chi connectivity index (χ2n) is 7.03. The lowest BCUT2D eigenvalue weighted by Crippen LogP contribution is -2.51. The highest BCUT2D eigenvalue weighted by atomic mass is 16.2. The van der Waals surface area contributed by atoms with E-state index in [9.17, 15) is 4.79 Å². The summed E-state index contributed by atoms with van der Waals surface area (Å²) in [6, 6.07) is 10.9. The molecule has 2 atom stereocenters. The smallest absolute Gasteiger partial charge is 0.234 e. The van der Waals surface area contributed by atoms with Crippen LogP contribution in [-0.4, -0.2) is 49.6 Å². The molecule has 1 aromatic rings. The Kier molecular flexibility index (Phi) is 5.55. The van der Waals surface area contributed by atoms with Gasteiger partial charge in [-0.1, -0.05) is 38.0 Å². The van der Waals surface area contributed by atoms with Crippen molar-refractivity contribution in [1.29, 1.82) is 0 Å². The van der Waals surface area contributed by atoms with Gasteiger partial charge in [0.15, 0.2) is 0 Å². The SMILES string of the molecule is C[C@H]1CCCC[C@@H]1NC(=O)CN1CCN(c2ccccc2)CC1. The van der Waals surface area contributed by atoms with Crippen molar-refractivity contribution in [2.24, 2.45) is 5.92 Å². The molecule has 1 N–H and O–H groups in total. The van der Waals surface area contributed by atoms with Crippen LogP contribution in [-0.2, 0) is 4.79 Å². The maximum atomic E-state index is 12.3. The topological polar surface area (TPSA) is 35.6 Å². The Morgan fingerprint density at radius 3 is 2.48 bits per heavy atom. The third kappa shape index (κ3) is 4.47. The maximum absolute atomic E-state index is 12.3. The molecule has 3 rings (SSSR count). The summed E-state index contributed by atoms with van der Waals surface area (Å²) in [4.78, 5) is 17.0. The van der Waals surface area contributed by atoms with Crippen LogP contribution in [0.1, 0.15) is 32.6 Å². The van der Waals surface area contributed by atoms with Gasteiger partial charge in [0.1, 0.15) is 0 Å². The van der Waals surface area contributed by atoms with Gasteiger partial charge in [0.25, 0.3) is 0 Å². The van der Waals surface area contributed by atoms with Crippen LogP contribution in [0, 0.1) is 5.92 Å². The molecule has 4 nitrogen and oxygen atoms in total. The molecule has 1 aliphatic carbocycles. The van der Waals surface area contributed by atoms with E-state index in [1.54, 1.807) is 0 Å². The number of anilines is 1. The Labute approximate surface area is 139 Å². The molecule has 0 bridgehead atoms. The zero-order chi connectivity index (χ0) is 16.1. The molecule has 1 saturated heterocycles. The zero-order valence-corrected chi connectivity index (χ0v) is 14.2. The molecule has 1 aromatic carbocycles. The number of hydrogen-bond acceptors (Lipinski definition) is 3. The summed E-state index contributed by atoms with van der Waals surface area (Å²) in [7, 11) is 0. The van der Waals surface area contributed by atoms with Gasteiger partial charge < -0.3 is 10.2 Å². The summed E-state index contributed by atoms with van der Waals surface area (Å²) in [5.41, 5.74) is 1.28. The molecule has 0 unspecified atom stereocenters. The second kappa shape index (κ2) is 7.82. The highest BCUT2D eigenvalue weighted by molar-refractivity contribution is 5.78. The number of piperazine rings is 1. The Balaban J connectivity index is 1.42. The number of nitrogens with one attached hydrogen (secondary N) is 1. The summed E-state index contributed by atoms with van der Waals surface area (Å²) >= 11 is 0. The molecule has 0 aromatic heterocycles. The summed E-state index contributed by atoms with van der Waals surface area (Å²) in [5.74, 6) is 0.833. The minimum Gasteiger partial charge on any atom is -0.369 e. The highest BCUT2D eigenvalue weighted by Gasteiger charge is 2.24. The largest absolute Gasteiger partial charge is 0.369 e. The van der Waals surface area contributed by atoms with E-state index in [1.807, 2.05) is 0 Å². The molecule has 1 amide bonds. The fourth-order valence-electron chi connectivity index (χ4n) is 3.79. The predicted octanol–water partition coefficient (Wildman–Crippen LogP) is 2.50. The lowest BCUT2D eigenvalue weighted by molar-refractivity contribution is -0.123. The van der Waals surface area contributed by atoms with E-state index in [0.717, 1.165) is 32.6 Å². The monoisotopic (exact) mass is 315 g/mol. The Morgan fingerprint density at radius 2 is 1.78 bits per heavy atom. The first-order valence-electron chi connectivity index (χ1n) is 9.04. The average Bonchev–Trinajstić information content (AvgIpc) is 2.58. The van der Waals surface area contributed by atoms with Crippen molar-refractivity contribution in [3.05, 3.63) is 30.3 Å². The van der Waals surface area contributed by atoms with E-state index in [2.05, 4.69) is 52.4 Å². The van der Waals surface area contributed by atoms with E-state index in [0.29, 0.717) is 18.5 Å². The fourth-order valence-corrected chi connectivity index (χ4v) is 3.79. The molecule has 126 valence electrons. The number of benzene rings is 1. The Morgan fingerprint density at radius 1 is 1.09 bits per heavy atom. The van der Waals surface area contributed by atoms with Gasteiger partial charge in [0.2, 0.25) is 5.91 Å². The molecule has 23 heavy (non-hydrogen) atoms. The fraction of sp³-hybridized carbons (Fsp3) is 0.632. The van der Waals surface area contributed by atoms with Gasteiger partial charge in [-0.15, -0.1) is 0 Å². The Bertz CT molecular complexity index is 497. The van der Waals surface area contributed by atoms with Crippen molar-refractivity contribution >= 4 is 11.6 Å². The normalized spacial score (nSPS) is 26.0. The van der Waals surface area contributed by atoms with Crippen molar-refractivity contribution in [2.75, 3.05) is 37.6 Å². The molecule has 2 fully saturated rings. The van der Waals surface area contributed by atoms with Crippen LogP contribution in [0.2, 0.25) is 0 Å². The standard InChI is InChI=1S/C19H29N3O/c1-16-7-5-6-10-18(16)20-19(23)15-21-11-13-22(14-12-21)17-8-3-2-4-9-17/h2-4,8-9,16,18H,5-7,10-15H2,1H3,(H,20,23)/t16-,18-/m0/s1. The number of rotatable bonds is 4. The highest BCUT2D eigenvalue weighted by Crippen LogP contribution is 2.23. The number of hydrogen-bond donors (Lipinski definition) is 1. The van der Waals surface area contributed by atoms with Gasteiger partial charge in [-0.25, -0.2) is 0 Å². The van der Waals surface area contributed by atoms with E-state index in [-0.39, 0.29) is 5.91 Å². The molecule has 2 aliphatic rings. The van der Waals surface area contributed by atoms with Crippen LogP contribution in [0.4, 0.5) is 5.69 Å². The third-order valence-electron chi connectivity index (χ3n) is 5.32. The van der Waals surface area contributed by atoms with E-state index in [4.69, 9.17) is 0 Å². The lowest BCUT2D eigenvalue weighted by atomic mass is 9.86. The van der Waals surface area contributed by atoms with Crippen LogP contribution in [0.3, 0.4) is 0 Å². The lowest BCUT2D eigenvalue weighted by Gasteiger charge is -2.36. The first kappa shape index (κ1) is 16.3. The molecule has 0 spiro atoms. The minimum absolute atomic E-state index is 0.205. The van der Waals surface area contributed by atoms with Crippen LogP contribution in [0.5, 0.6) is 0 Å². The van der Waals surface area contributed by atoms with Crippen LogP contribution < -0.4 is 10.2 Å². The van der Waals surface area contributed by atoms with E-state index >= 15 is 0 Å². The zero-order valence-electron chi connectivity index (χ0n) is 14.2. The number of amides is 1. The van der Waals surface area contributed by atoms with Gasteiger partial charge in [0.05, 0.1) is 6.54 Å². The number of carbonyl (C=O) groups is 1. The van der Waals surface area contributed by atoms with Crippen molar-refractivity contribution in [2.45, 2.75) is 38.6 Å². The van der Waals surface area contributed by atoms with Crippen molar-refractivity contribution in [1.82, 2.24) is 10.2 Å². The minimum atomic E-state index is 0.205. The third-order valence-corrected chi connectivity index (χ3v) is 5.32. The summed E-state index contributed by atoms with van der Waals surface area (Å²) in [5, 5.41) is 3.26. The summed E-state index contributed by atoms with van der Waals surface area (Å²) < 4.78 is 0. The van der Waals surface area contributed by atoms with Gasteiger partial charge in [-0.2, -0.15) is 0 Å². The van der Waals surface area contributed by atoms with Crippen molar-refractivity contribution in [3.63, 3.8) is 0 Å². The second-order valence-corrected chi connectivity index (χ2v) is 7.03. The summed E-state index contributed by atoms with van der Waals surface area (Å²) in [6.07, 6.45) is 4.97. The molecule has 0 radical (unpaired) electrons. The van der Waals surface area contributed by atoms with Gasteiger partial charge >= 0.3 is 0 Å².